The maximum Gasteiger partial charge on any atom is 0.271 e. The summed E-state index contributed by atoms with van der Waals surface area (Å²) >= 11 is 6.29. The molecule has 0 spiro atoms. The molecule has 1 heterocycles. The zero-order valence-electron chi connectivity index (χ0n) is 19.5. The monoisotopic (exact) mass is 490 g/mol. The molecule has 1 aliphatic rings. The Bertz CT molecular complexity index is 1200. The third-order valence-electron chi connectivity index (χ3n) is 5.63. The summed E-state index contributed by atoms with van der Waals surface area (Å²) in [5.74, 6) is -0.198. The van der Waals surface area contributed by atoms with Gasteiger partial charge in [-0.05, 0) is 79.9 Å². The molecule has 0 radical (unpaired) electrons. The Morgan fingerprint density at radius 2 is 1.74 bits per heavy atom. The fourth-order valence-electron chi connectivity index (χ4n) is 3.72. The number of halogens is 1. The first-order valence-corrected chi connectivity index (χ1v) is 11.8. The van der Waals surface area contributed by atoms with Crippen LogP contribution in [-0.4, -0.2) is 37.7 Å². The molecule has 180 valence electrons. The molecule has 0 bridgehead atoms. The van der Waals surface area contributed by atoms with E-state index in [4.69, 9.17) is 16.3 Å². The highest BCUT2D eigenvalue weighted by molar-refractivity contribution is 6.32. The van der Waals surface area contributed by atoms with Crippen LogP contribution in [0.15, 0.2) is 71.8 Å². The summed E-state index contributed by atoms with van der Waals surface area (Å²) in [5.41, 5.74) is 6.69. The van der Waals surface area contributed by atoms with Gasteiger partial charge < -0.3 is 15.0 Å². The molecule has 0 aliphatic carbocycles. The molecule has 35 heavy (non-hydrogen) atoms. The van der Waals surface area contributed by atoms with Crippen LogP contribution in [0.3, 0.4) is 0 Å². The van der Waals surface area contributed by atoms with Gasteiger partial charge in [-0.25, -0.2) is 5.43 Å². The van der Waals surface area contributed by atoms with Gasteiger partial charge in [0.05, 0.1) is 11.2 Å². The second kappa shape index (κ2) is 11.5. The Balaban J connectivity index is 1.26. The normalized spacial score (nSPS) is 13.1. The molecule has 1 aliphatic heterocycles. The number of ether oxygens (including phenoxy) is 1. The molecule has 1 saturated heterocycles. The average Bonchev–Trinajstić information content (AvgIpc) is 3.40. The first-order valence-electron chi connectivity index (χ1n) is 11.5. The van der Waals surface area contributed by atoms with Crippen molar-refractivity contribution in [2.75, 3.05) is 29.9 Å². The first-order chi connectivity index (χ1) is 17.0. The van der Waals surface area contributed by atoms with Gasteiger partial charge in [-0.1, -0.05) is 29.3 Å². The zero-order valence-corrected chi connectivity index (χ0v) is 20.2. The van der Waals surface area contributed by atoms with Crippen LogP contribution in [0.25, 0.3) is 0 Å². The highest BCUT2D eigenvalue weighted by atomic mass is 35.5. The lowest BCUT2D eigenvalue weighted by molar-refractivity contribution is -0.118. The van der Waals surface area contributed by atoms with Crippen LogP contribution in [0.4, 0.5) is 11.4 Å². The Morgan fingerprint density at radius 1 is 1.03 bits per heavy atom. The van der Waals surface area contributed by atoms with Gasteiger partial charge in [-0.2, -0.15) is 5.10 Å². The van der Waals surface area contributed by atoms with Gasteiger partial charge in [0.25, 0.3) is 11.8 Å². The summed E-state index contributed by atoms with van der Waals surface area (Å²) < 4.78 is 5.53. The summed E-state index contributed by atoms with van der Waals surface area (Å²) in [7, 11) is 0. The van der Waals surface area contributed by atoms with Crippen molar-refractivity contribution in [1.29, 1.82) is 0 Å². The van der Waals surface area contributed by atoms with Crippen molar-refractivity contribution in [3.8, 4) is 5.75 Å². The number of hydrazone groups is 1. The van der Waals surface area contributed by atoms with Gasteiger partial charge in [0.15, 0.2) is 6.61 Å². The third-order valence-corrected chi connectivity index (χ3v) is 5.93. The van der Waals surface area contributed by atoms with E-state index in [1.54, 1.807) is 30.3 Å². The van der Waals surface area contributed by atoms with E-state index >= 15 is 0 Å². The van der Waals surface area contributed by atoms with Crippen molar-refractivity contribution in [3.63, 3.8) is 0 Å². The largest absolute Gasteiger partial charge is 0.482 e. The molecule has 2 amide bonds. The van der Waals surface area contributed by atoms with Crippen LogP contribution in [0.5, 0.6) is 5.75 Å². The average molecular weight is 491 g/mol. The lowest BCUT2D eigenvalue weighted by atomic mass is 10.2. The SMILES string of the molecule is Cc1ccc(NC(=O)COc2ccc(/C=N\NC(=O)c3ccc(N4CCCC4)cc3)cc2Cl)cc1. The highest BCUT2D eigenvalue weighted by Gasteiger charge is 2.13. The van der Waals surface area contributed by atoms with Gasteiger partial charge in [0.2, 0.25) is 0 Å². The number of hydrogen-bond acceptors (Lipinski definition) is 5. The molecule has 8 heteroatoms. The highest BCUT2D eigenvalue weighted by Crippen LogP contribution is 2.25. The minimum Gasteiger partial charge on any atom is -0.482 e. The van der Waals surface area contributed by atoms with Crippen molar-refractivity contribution < 1.29 is 14.3 Å². The minimum atomic E-state index is -0.292. The Labute approximate surface area is 209 Å². The number of hydrogen-bond donors (Lipinski definition) is 2. The summed E-state index contributed by atoms with van der Waals surface area (Å²) in [6.07, 6.45) is 3.91. The van der Waals surface area contributed by atoms with Gasteiger partial charge in [0.1, 0.15) is 5.75 Å². The van der Waals surface area contributed by atoms with Crippen LogP contribution in [0.2, 0.25) is 5.02 Å². The summed E-state index contributed by atoms with van der Waals surface area (Å²) in [6.45, 7) is 3.92. The second-order valence-electron chi connectivity index (χ2n) is 8.33. The minimum absolute atomic E-state index is 0.173. The van der Waals surface area contributed by atoms with Crippen molar-refractivity contribution in [2.24, 2.45) is 5.10 Å². The molecular formula is C27H27ClN4O3. The third kappa shape index (κ3) is 6.83. The Morgan fingerprint density at radius 3 is 2.43 bits per heavy atom. The lowest BCUT2D eigenvalue weighted by Crippen LogP contribution is -2.20. The molecule has 3 aromatic carbocycles. The first kappa shape index (κ1) is 24.3. The molecule has 0 aromatic heterocycles. The number of rotatable bonds is 8. The summed E-state index contributed by atoms with van der Waals surface area (Å²) in [5, 5.41) is 7.12. The molecule has 0 saturated carbocycles. The van der Waals surface area contributed by atoms with Crippen molar-refractivity contribution in [3.05, 3.63) is 88.4 Å². The fraction of sp³-hybridized carbons (Fsp3) is 0.222. The predicted octanol–water partition coefficient (Wildman–Crippen LogP) is 5.03. The quantitative estimate of drug-likeness (QED) is 0.342. The van der Waals surface area contributed by atoms with Crippen molar-refractivity contribution in [2.45, 2.75) is 19.8 Å². The standard InChI is InChI=1S/C27H27ClN4O3/c1-19-4-9-22(10-5-19)30-26(33)18-35-25-13-6-20(16-24(25)28)17-29-31-27(34)21-7-11-23(12-8-21)32-14-2-3-15-32/h4-13,16-17H,2-3,14-15,18H2,1H3,(H,30,33)(H,31,34)/b29-17-. The van der Waals surface area contributed by atoms with Crippen LogP contribution in [0.1, 0.15) is 34.3 Å². The maximum atomic E-state index is 12.4. The topological polar surface area (TPSA) is 83.0 Å². The number of carbonyl (C=O) groups is 2. The summed E-state index contributed by atoms with van der Waals surface area (Å²) in [4.78, 5) is 26.8. The number of aryl methyl sites for hydroxylation is 1. The number of benzene rings is 3. The summed E-state index contributed by atoms with van der Waals surface area (Å²) in [6, 6.07) is 20.1. The molecule has 3 aromatic rings. The maximum absolute atomic E-state index is 12.4. The molecular weight excluding hydrogens is 464 g/mol. The fourth-order valence-corrected chi connectivity index (χ4v) is 3.96. The van der Waals surface area contributed by atoms with E-state index in [0.717, 1.165) is 24.3 Å². The number of anilines is 2. The Kier molecular flexibility index (Phi) is 8.00. The number of nitrogens with one attached hydrogen (secondary N) is 2. The van der Waals surface area contributed by atoms with Gasteiger partial charge in [-0.3, -0.25) is 9.59 Å². The molecule has 0 unspecified atom stereocenters. The molecule has 4 rings (SSSR count). The number of amides is 2. The lowest BCUT2D eigenvalue weighted by Gasteiger charge is -2.17. The van der Waals surface area contributed by atoms with E-state index in [0.29, 0.717) is 27.6 Å². The van der Waals surface area contributed by atoms with Gasteiger partial charge in [-0.15, -0.1) is 0 Å². The smallest absolute Gasteiger partial charge is 0.271 e. The molecule has 0 atom stereocenters. The Hall–Kier alpha value is -3.84. The van der Waals surface area contributed by atoms with Gasteiger partial charge in [0, 0.05) is 30.0 Å². The van der Waals surface area contributed by atoms with E-state index in [1.165, 1.54) is 19.1 Å². The van der Waals surface area contributed by atoms with Crippen molar-refractivity contribution >= 4 is 41.0 Å². The van der Waals surface area contributed by atoms with Crippen LogP contribution in [0, 0.1) is 6.92 Å². The second-order valence-corrected chi connectivity index (χ2v) is 8.74. The van der Waals surface area contributed by atoms with Crippen LogP contribution < -0.4 is 20.4 Å². The molecule has 1 fully saturated rings. The van der Waals surface area contributed by atoms with E-state index in [2.05, 4.69) is 20.7 Å². The van der Waals surface area contributed by atoms with E-state index in [1.807, 2.05) is 43.3 Å². The van der Waals surface area contributed by atoms with Crippen LogP contribution >= 0.6 is 11.6 Å². The predicted molar refractivity (Wildman–Crippen MR) is 140 cm³/mol. The van der Waals surface area contributed by atoms with Crippen molar-refractivity contribution in [1.82, 2.24) is 5.43 Å². The number of nitrogens with zero attached hydrogens (tertiary/aromatic N) is 2. The number of carbonyl (C=O) groups excluding carboxylic acids is 2. The molecule has 7 nitrogen and oxygen atoms in total. The van der Waals surface area contributed by atoms with Gasteiger partial charge >= 0.3 is 0 Å². The van der Waals surface area contributed by atoms with E-state index in [-0.39, 0.29) is 18.4 Å². The van der Waals surface area contributed by atoms with Crippen LogP contribution in [-0.2, 0) is 4.79 Å². The van der Waals surface area contributed by atoms with E-state index < -0.39 is 0 Å². The zero-order chi connectivity index (χ0) is 24.6. The molecule has 2 N–H and O–H groups in total. The van der Waals surface area contributed by atoms with E-state index in [9.17, 15) is 9.59 Å².